The molecule has 1 unspecified atom stereocenters. The fraction of sp³-hybridized carbons (Fsp3) is 0.286. The summed E-state index contributed by atoms with van der Waals surface area (Å²) < 4.78 is 9.77. The lowest BCUT2D eigenvalue weighted by Crippen LogP contribution is -2.35. The van der Waals surface area contributed by atoms with E-state index in [0.717, 1.165) is 0 Å². The normalized spacial score (nSPS) is 11.6. The lowest BCUT2D eigenvalue weighted by molar-refractivity contribution is -0.152. The first-order valence-electron chi connectivity index (χ1n) is 6.71. The molecule has 2 heterocycles. The first-order chi connectivity index (χ1) is 11.0. The molecular formula is C14H15N3O5S. The Labute approximate surface area is 135 Å². The van der Waals surface area contributed by atoms with Crippen LogP contribution >= 0.6 is 11.3 Å². The Balaban J connectivity index is 1.75. The summed E-state index contributed by atoms with van der Waals surface area (Å²) in [5, 5.41) is 10.2. The maximum Gasteiger partial charge on any atom is 0.326 e. The zero-order valence-electron chi connectivity index (χ0n) is 12.5. The second-order valence-electron chi connectivity index (χ2n) is 4.61. The maximum absolute atomic E-state index is 11.8. The molecule has 2 N–H and O–H groups in total. The van der Waals surface area contributed by atoms with Gasteiger partial charge in [-0.15, -0.1) is 11.3 Å². The van der Waals surface area contributed by atoms with Crippen molar-refractivity contribution in [1.29, 1.82) is 0 Å². The van der Waals surface area contributed by atoms with Crippen LogP contribution in [0.25, 0.3) is 0 Å². The molecule has 2 rings (SSSR count). The Morgan fingerprint density at radius 2 is 2.22 bits per heavy atom. The van der Waals surface area contributed by atoms with Gasteiger partial charge in [-0.25, -0.2) is 0 Å². The van der Waals surface area contributed by atoms with Crippen molar-refractivity contribution in [2.24, 2.45) is 0 Å². The van der Waals surface area contributed by atoms with Crippen molar-refractivity contribution < 1.29 is 23.6 Å². The lowest BCUT2D eigenvalue weighted by atomic mass is 10.3. The average molecular weight is 337 g/mol. The van der Waals surface area contributed by atoms with Crippen molar-refractivity contribution in [3.05, 3.63) is 34.2 Å². The molecule has 0 radical (unpaired) electrons. The van der Waals surface area contributed by atoms with Crippen LogP contribution in [0.1, 0.15) is 22.3 Å². The van der Waals surface area contributed by atoms with Gasteiger partial charge in [0.15, 0.2) is 6.10 Å². The Morgan fingerprint density at radius 3 is 2.83 bits per heavy atom. The largest absolute Gasteiger partial charge is 0.451 e. The molecule has 2 aromatic heterocycles. The second kappa shape index (κ2) is 7.54. The number of ether oxygens (including phenoxy) is 1. The van der Waals surface area contributed by atoms with Crippen LogP contribution in [0.3, 0.4) is 0 Å². The predicted molar refractivity (Wildman–Crippen MR) is 82.1 cm³/mol. The first kappa shape index (κ1) is 16.7. The van der Waals surface area contributed by atoms with Gasteiger partial charge in [0.1, 0.15) is 6.54 Å². The molecule has 0 aromatic carbocycles. The van der Waals surface area contributed by atoms with Crippen LogP contribution in [-0.2, 0) is 14.3 Å². The van der Waals surface area contributed by atoms with Crippen LogP contribution in [0.4, 0.5) is 5.88 Å². The van der Waals surface area contributed by atoms with Gasteiger partial charge < -0.3 is 14.6 Å². The molecule has 0 saturated heterocycles. The standard InChI is InChI=1S/C14H15N3O5S/c1-8-6-11(22-17-8)16-13(19)9(2)21-12(18)7-15-14(20)10-4-3-5-23-10/h3-6,9H,7H2,1-2H3,(H,15,20)(H,16,19). The van der Waals surface area contributed by atoms with E-state index in [2.05, 4.69) is 15.8 Å². The molecule has 0 aliphatic heterocycles. The number of carbonyl (C=O) groups is 3. The van der Waals surface area contributed by atoms with Crippen LogP contribution in [-0.4, -0.2) is 35.6 Å². The van der Waals surface area contributed by atoms with E-state index in [4.69, 9.17) is 9.26 Å². The highest BCUT2D eigenvalue weighted by atomic mass is 32.1. The number of esters is 1. The van der Waals surface area contributed by atoms with Gasteiger partial charge in [-0.2, -0.15) is 0 Å². The zero-order chi connectivity index (χ0) is 16.8. The molecule has 0 aliphatic rings. The van der Waals surface area contributed by atoms with E-state index in [1.54, 1.807) is 24.4 Å². The minimum absolute atomic E-state index is 0.168. The Morgan fingerprint density at radius 1 is 1.43 bits per heavy atom. The van der Waals surface area contributed by atoms with Gasteiger partial charge in [0.2, 0.25) is 5.88 Å². The number of carbonyl (C=O) groups excluding carboxylic acids is 3. The summed E-state index contributed by atoms with van der Waals surface area (Å²) in [7, 11) is 0. The van der Waals surface area contributed by atoms with E-state index in [-0.39, 0.29) is 18.3 Å². The average Bonchev–Trinajstić information content (AvgIpc) is 3.16. The van der Waals surface area contributed by atoms with Gasteiger partial charge in [-0.3, -0.25) is 19.7 Å². The van der Waals surface area contributed by atoms with Gasteiger partial charge in [0, 0.05) is 6.07 Å². The molecule has 0 fully saturated rings. The molecule has 0 aliphatic carbocycles. The van der Waals surface area contributed by atoms with Gasteiger partial charge in [-0.1, -0.05) is 11.2 Å². The molecule has 1 atom stereocenters. The number of nitrogens with zero attached hydrogens (tertiary/aromatic N) is 1. The molecule has 23 heavy (non-hydrogen) atoms. The fourth-order valence-corrected chi connectivity index (χ4v) is 2.23. The summed E-state index contributed by atoms with van der Waals surface area (Å²) in [6.45, 7) is 2.80. The van der Waals surface area contributed by atoms with E-state index >= 15 is 0 Å². The number of nitrogens with one attached hydrogen (secondary N) is 2. The quantitative estimate of drug-likeness (QED) is 0.770. The van der Waals surface area contributed by atoms with E-state index in [0.29, 0.717) is 10.6 Å². The monoisotopic (exact) mass is 337 g/mol. The molecule has 0 saturated carbocycles. The maximum atomic E-state index is 11.8. The second-order valence-corrected chi connectivity index (χ2v) is 5.56. The highest BCUT2D eigenvalue weighted by molar-refractivity contribution is 7.12. The molecule has 0 bridgehead atoms. The summed E-state index contributed by atoms with van der Waals surface area (Å²) in [6, 6.07) is 4.91. The number of aromatic nitrogens is 1. The van der Waals surface area contributed by atoms with Gasteiger partial charge in [0.25, 0.3) is 11.8 Å². The molecule has 8 nitrogen and oxygen atoms in total. The fourth-order valence-electron chi connectivity index (χ4n) is 1.59. The highest BCUT2D eigenvalue weighted by Gasteiger charge is 2.19. The SMILES string of the molecule is Cc1cc(NC(=O)C(C)OC(=O)CNC(=O)c2cccs2)on1. The minimum atomic E-state index is -1.04. The molecule has 122 valence electrons. The third-order valence-electron chi connectivity index (χ3n) is 2.69. The number of thiophene rings is 1. The predicted octanol–water partition coefficient (Wildman–Crippen LogP) is 1.34. The number of aryl methyl sites for hydroxylation is 1. The summed E-state index contributed by atoms with van der Waals surface area (Å²) in [5.74, 6) is -1.47. The number of amides is 2. The van der Waals surface area contributed by atoms with Gasteiger partial charge in [-0.05, 0) is 25.3 Å². The molecule has 2 aromatic rings. The summed E-state index contributed by atoms with van der Waals surface area (Å²) >= 11 is 1.26. The van der Waals surface area contributed by atoms with Crippen molar-refractivity contribution in [3.63, 3.8) is 0 Å². The molecule has 0 spiro atoms. The van der Waals surface area contributed by atoms with Crippen LogP contribution in [0.2, 0.25) is 0 Å². The number of anilines is 1. The molecule has 9 heteroatoms. The third kappa shape index (κ3) is 4.92. The summed E-state index contributed by atoms with van der Waals surface area (Å²) in [5.41, 5.74) is 0.612. The topological polar surface area (TPSA) is 111 Å². The Hall–Kier alpha value is -2.68. The van der Waals surface area contributed by atoms with Gasteiger partial charge in [0.05, 0.1) is 10.6 Å². The smallest absolute Gasteiger partial charge is 0.326 e. The van der Waals surface area contributed by atoms with E-state index in [9.17, 15) is 14.4 Å². The van der Waals surface area contributed by atoms with Crippen LogP contribution in [0, 0.1) is 6.92 Å². The van der Waals surface area contributed by atoms with Crippen molar-refractivity contribution in [2.75, 3.05) is 11.9 Å². The van der Waals surface area contributed by atoms with Crippen molar-refractivity contribution >= 4 is 35.0 Å². The van der Waals surface area contributed by atoms with E-state index in [1.165, 1.54) is 24.3 Å². The van der Waals surface area contributed by atoms with Crippen LogP contribution < -0.4 is 10.6 Å². The van der Waals surface area contributed by atoms with Crippen molar-refractivity contribution in [1.82, 2.24) is 10.5 Å². The van der Waals surface area contributed by atoms with E-state index < -0.39 is 18.0 Å². The number of hydrogen-bond donors (Lipinski definition) is 2. The molecular weight excluding hydrogens is 322 g/mol. The Kier molecular flexibility index (Phi) is 5.47. The summed E-state index contributed by atoms with van der Waals surface area (Å²) in [6.07, 6.45) is -1.04. The van der Waals surface area contributed by atoms with Gasteiger partial charge >= 0.3 is 5.97 Å². The third-order valence-corrected chi connectivity index (χ3v) is 3.56. The van der Waals surface area contributed by atoms with Crippen molar-refractivity contribution in [3.8, 4) is 0 Å². The van der Waals surface area contributed by atoms with Crippen LogP contribution in [0.15, 0.2) is 28.1 Å². The summed E-state index contributed by atoms with van der Waals surface area (Å²) in [4.78, 5) is 35.6. The van der Waals surface area contributed by atoms with Crippen LogP contribution in [0.5, 0.6) is 0 Å². The highest BCUT2D eigenvalue weighted by Crippen LogP contribution is 2.09. The minimum Gasteiger partial charge on any atom is -0.451 e. The zero-order valence-corrected chi connectivity index (χ0v) is 13.3. The van der Waals surface area contributed by atoms with Crippen molar-refractivity contribution in [2.45, 2.75) is 20.0 Å². The lowest BCUT2D eigenvalue weighted by Gasteiger charge is -2.12. The number of hydrogen-bond acceptors (Lipinski definition) is 7. The van der Waals surface area contributed by atoms with E-state index in [1.807, 2.05) is 0 Å². The number of rotatable bonds is 6. The Bertz CT molecular complexity index is 695. The first-order valence-corrected chi connectivity index (χ1v) is 7.59. The molecule has 2 amide bonds.